The SMILES string of the molecule is CC(=O)c1cc2c(C(F)(F)F)cc(-c3ccccc3)cc2n1O[C@H]1O[C@H](CO)[C@@H](O)[C@H](O)[C@@H]1O. The Morgan fingerprint density at radius 2 is 1.71 bits per heavy atom. The Hall–Kier alpha value is -2.96. The van der Waals surface area contributed by atoms with Crippen LogP contribution in [0.2, 0.25) is 0 Å². The second-order valence-electron chi connectivity index (χ2n) is 8.00. The van der Waals surface area contributed by atoms with E-state index in [0.29, 0.717) is 5.56 Å². The van der Waals surface area contributed by atoms with Crippen LogP contribution in [0.4, 0.5) is 13.2 Å². The van der Waals surface area contributed by atoms with Crippen molar-refractivity contribution in [3.63, 3.8) is 0 Å². The zero-order valence-corrected chi connectivity index (χ0v) is 17.8. The van der Waals surface area contributed by atoms with Gasteiger partial charge in [-0.05, 0) is 29.3 Å². The lowest BCUT2D eigenvalue weighted by Gasteiger charge is -2.39. The first kappa shape index (κ1) is 24.2. The molecule has 8 nitrogen and oxygen atoms in total. The number of nitrogens with zero attached hydrogens (tertiary/aromatic N) is 1. The maximum Gasteiger partial charge on any atom is 0.417 e. The molecule has 2 heterocycles. The lowest BCUT2D eigenvalue weighted by Crippen LogP contribution is -2.61. The molecule has 11 heteroatoms. The standard InChI is InChI=1S/C23H22F3NO7/c1-11(29)16-9-14-15(23(24,25)26)7-13(12-5-3-2-4-6-12)8-17(14)27(16)34-22-21(32)20(31)19(30)18(10-28)33-22/h2-9,18-22,28,30-32H,10H2,1H3/t18-,19-,20+,21+,22-/m1/s1. The van der Waals surface area contributed by atoms with Crippen molar-refractivity contribution in [2.45, 2.75) is 43.8 Å². The van der Waals surface area contributed by atoms with Crippen molar-refractivity contribution in [1.29, 1.82) is 0 Å². The minimum atomic E-state index is -4.76. The summed E-state index contributed by atoms with van der Waals surface area (Å²) in [4.78, 5) is 17.9. The number of carbonyl (C=O) groups excluding carboxylic acids is 1. The maximum absolute atomic E-state index is 14.0. The van der Waals surface area contributed by atoms with Crippen LogP contribution < -0.4 is 4.84 Å². The van der Waals surface area contributed by atoms with E-state index in [1.54, 1.807) is 30.3 Å². The van der Waals surface area contributed by atoms with Gasteiger partial charge >= 0.3 is 6.18 Å². The van der Waals surface area contributed by atoms with E-state index in [-0.39, 0.29) is 22.2 Å². The molecule has 4 rings (SSSR count). The molecular formula is C23H22F3NO7. The van der Waals surface area contributed by atoms with Crippen LogP contribution in [0.5, 0.6) is 0 Å². The maximum atomic E-state index is 14.0. The molecule has 0 radical (unpaired) electrons. The largest absolute Gasteiger partial charge is 0.417 e. The molecule has 3 aromatic rings. The van der Waals surface area contributed by atoms with Gasteiger partial charge in [-0.3, -0.25) is 4.79 Å². The molecule has 182 valence electrons. The Balaban J connectivity index is 1.90. The van der Waals surface area contributed by atoms with E-state index < -0.39 is 54.8 Å². The fraction of sp³-hybridized carbons (Fsp3) is 0.348. The van der Waals surface area contributed by atoms with Gasteiger partial charge in [0, 0.05) is 12.3 Å². The smallest absolute Gasteiger partial charge is 0.394 e. The van der Waals surface area contributed by atoms with Crippen LogP contribution in [0.1, 0.15) is 23.0 Å². The summed E-state index contributed by atoms with van der Waals surface area (Å²) in [5.41, 5.74) is -0.701. The van der Waals surface area contributed by atoms with Crippen LogP contribution in [-0.2, 0) is 10.9 Å². The van der Waals surface area contributed by atoms with E-state index in [2.05, 4.69) is 0 Å². The first-order valence-electron chi connectivity index (χ1n) is 10.3. The minimum absolute atomic E-state index is 0.129. The predicted octanol–water partition coefficient (Wildman–Crippen LogP) is 1.76. The summed E-state index contributed by atoms with van der Waals surface area (Å²) < 4.78 is 48.1. The van der Waals surface area contributed by atoms with Gasteiger partial charge in [0.15, 0.2) is 5.78 Å². The summed E-state index contributed by atoms with van der Waals surface area (Å²) in [6, 6.07) is 11.7. The van der Waals surface area contributed by atoms with E-state index in [9.17, 15) is 38.4 Å². The van der Waals surface area contributed by atoms with Crippen molar-refractivity contribution in [2.75, 3.05) is 6.61 Å². The Kier molecular flexibility index (Phi) is 6.40. The van der Waals surface area contributed by atoms with E-state index in [4.69, 9.17) is 9.57 Å². The fourth-order valence-corrected chi connectivity index (χ4v) is 3.93. The monoisotopic (exact) mass is 481 g/mol. The predicted molar refractivity (Wildman–Crippen MR) is 113 cm³/mol. The van der Waals surface area contributed by atoms with Crippen LogP contribution in [0.3, 0.4) is 0 Å². The molecule has 0 amide bonds. The number of carbonyl (C=O) groups is 1. The van der Waals surface area contributed by atoms with E-state index in [0.717, 1.165) is 23.8 Å². The first-order valence-corrected chi connectivity index (χ1v) is 10.3. The minimum Gasteiger partial charge on any atom is -0.394 e. The number of Topliss-reactive ketones (excluding diaryl/α,β-unsaturated/α-hetero) is 1. The number of halogens is 3. The van der Waals surface area contributed by atoms with Crippen LogP contribution >= 0.6 is 0 Å². The number of fused-ring (bicyclic) bond motifs is 1. The number of rotatable bonds is 5. The van der Waals surface area contributed by atoms with Gasteiger partial charge in [-0.1, -0.05) is 30.3 Å². The van der Waals surface area contributed by atoms with Gasteiger partial charge in [0.1, 0.15) is 30.1 Å². The number of hydrogen-bond donors (Lipinski definition) is 4. The second-order valence-corrected chi connectivity index (χ2v) is 8.00. The van der Waals surface area contributed by atoms with E-state index in [1.807, 2.05) is 0 Å². The highest BCUT2D eigenvalue weighted by Gasteiger charge is 2.45. The lowest BCUT2D eigenvalue weighted by molar-refractivity contribution is -0.299. The number of aliphatic hydroxyl groups excluding tert-OH is 4. The second kappa shape index (κ2) is 9.01. The number of alkyl halides is 3. The average Bonchev–Trinajstić information content (AvgIpc) is 3.17. The molecule has 1 aliphatic rings. The molecule has 0 unspecified atom stereocenters. The lowest BCUT2D eigenvalue weighted by atomic mass is 9.99. The highest BCUT2D eigenvalue weighted by molar-refractivity contribution is 6.00. The van der Waals surface area contributed by atoms with Crippen molar-refractivity contribution in [1.82, 2.24) is 4.73 Å². The highest BCUT2D eigenvalue weighted by atomic mass is 19.4. The number of aromatic nitrogens is 1. The molecule has 0 aliphatic carbocycles. The Labute approximate surface area is 191 Å². The molecular weight excluding hydrogens is 459 g/mol. The third-order valence-electron chi connectivity index (χ3n) is 5.71. The van der Waals surface area contributed by atoms with Crippen molar-refractivity contribution in [3.05, 3.63) is 59.8 Å². The average molecular weight is 481 g/mol. The highest BCUT2D eigenvalue weighted by Crippen LogP contribution is 2.39. The molecule has 2 aromatic carbocycles. The number of hydrogen-bond acceptors (Lipinski definition) is 7. The molecule has 5 atom stereocenters. The summed E-state index contributed by atoms with van der Waals surface area (Å²) in [5, 5.41) is 39.4. The molecule has 1 aromatic heterocycles. The van der Waals surface area contributed by atoms with Crippen LogP contribution in [-0.4, -0.2) is 68.3 Å². The quantitative estimate of drug-likeness (QED) is 0.410. The number of ether oxygens (including phenoxy) is 1. The van der Waals surface area contributed by atoms with E-state index in [1.165, 1.54) is 6.07 Å². The third-order valence-corrected chi connectivity index (χ3v) is 5.71. The van der Waals surface area contributed by atoms with Gasteiger partial charge in [-0.15, -0.1) is 0 Å². The van der Waals surface area contributed by atoms with Gasteiger partial charge in [-0.2, -0.15) is 17.9 Å². The molecule has 34 heavy (non-hydrogen) atoms. The normalized spacial score (nSPS) is 25.5. The summed E-state index contributed by atoms with van der Waals surface area (Å²) in [5.74, 6) is -0.629. The summed E-state index contributed by atoms with van der Waals surface area (Å²) >= 11 is 0. The van der Waals surface area contributed by atoms with Crippen molar-refractivity contribution < 1.29 is 48.0 Å². The summed E-state index contributed by atoms with van der Waals surface area (Å²) in [7, 11) is 0. The van der Waals surface area contributed by atoms with Gasteiger partial charge in [0.2, 0.25) is 0 Å². The van der Waals surface area contributed by atoms with Crippen molar-refractivity contribution in [3.8, 4) is 11.1 Å². The van der Waals surface area contributed by atoms with Gasteiger partial charge in [-0.25, -0.2) is 0 Å². The number of benzene rings is 2. The molecule has 1 fully saturated rings. The van der Waals surface area contributed by atoms with Gasteiger partial charge in [0.25, 0.3) is 6.29 Å². The van der Waals surface area contributed by atoms with Crippen LogP contribution in [0, 0.1) is 0 Å². The zero-order valence-electron chi connectivity index (χ0n) is 17.8. The van der Waals surface area contributed by atoms with Gasteiger partial charge in [0.05, 0.1) is 17.7 Å². The van der Waals surface area contributed by atoms with Crippen molar-refractivity contribution in [2.24, 2.45) is 0 Å². The molecule has 0 saturated carbocycles. The van der Waals surface area contributed by atoms with E-state index >= 15 is 0 Å². The Morgan fingerprint density at radius 3 is 2.29 bits per heavy atom. The Bertz CT molecular complexity index is 1190. The Morgan fingerprint density at radius 1 is 1.03 bits per heavy atom. The number of ketones is 1. The van der Waals surface area contributed by atoms with Crippen LogP contribution in [0.25, 0.3) is 22.0 Å². The third kappa shape index (κ3) is 4.28. The molecule has 4 N–H and O–H groups in total. The van der Waals surface area contributed by atoms with Crippen LogP contribution in [0.15, 0.2) is 48.5 Å². The topological polar surface area (TPSA) is 121 Å². The molecule has 0 bridgehead atoms. The molecule has 1 saturated heterocycles. The van der Waals surface area contributed by atoms with Gasteiger partial charge < -0.3 is 30.0 Å². The molecule has 1 aliphatic heterocycles. The fourth-order valence-electron chi connectivity index (χ4n) is 3.93. The summed E-state index contributed by atoms with van der Waals surface area (Å²) in [6.45, 7) is 0.403. The summed E-state index contributed by atoms with van der Waals surface area (Å²) in [6.07, 6.45) is -13.0. The first-order chi connectivity index (χ1) is 16.0. The zero-order chi connectivity index (χ0) is 24.8. The van der Waals surface area contributed by atoms with Crippen molar-refractivity contribution >= 4 is 16.7 Å². The number of aliphatic hydroxyl groups is 4. The molecule has 0 spiro atoms.